The van der Waals surface area contributed by atoms with E-state index in [0.29, 0.717) is 12.1 Å². The summed E-state index contributed by atoms with van der Waals surface area (Å²) in [4.78, 5) is 27.5. The summed E-state index contributed by atoms with van der Waals surface area (Å²) in [7, 11) is 0. The van der Waals surface area contributed by atoms with Gasteiger partial charge in [-0.1, -0.05) is 0 Å². The maximum Gasteiger partial charge on any atom is 0.242 e. The molecule has 0 radical (unpaired) electrons. The summed E-state index contributed by atoms with van der Waals surface area (Å²) in [5, 5.41) is 6.41. The van der Waals surface area contributed by atoms with Crippen molar-refractivity contribution in [3.8, 4) is 0 Å². The number of likely N-dealkylation sites (tertiary alicyclic amines) is 1. The lowest BCUT2D eigenvalue weighted by Crippen LogP contribution is -2.51. The van der Waals surface area contributed by atoms with Gasteiger partial charge in [-0.15, -0.1) is 11.3 Å². The van der Waals surface area contributed by atoms with Gasteiger partial charge in [-0.25, -0.2) is 9.97 Å². The molecule has 4 heterocycles. The van der Waals surface area contributed by atoms with E-state index in [1.165, 1.54) is 0 Å². The van der Waals surface area contributed by atoms with Crippen LogP contribution in [0.3, 0.4) is 0 Å². The van der Waals surface area contributed by atoms with Crippen molar-refractivity contribution in [1.29, 1.82) is 0 Å². The molecule has 0 saturated carbocycles. The first-order chi connectivity index (χ1) is 12.6. The van der Waals surface area contributed by atoms with E-state index in [1.807, 2.05) is 5.38 Å². The molecule has 26 heavy (non-hydrogen) atoms. The van der Waals surface area contributed by atoms with Gasteiger partial charge in [-0.2, -0.15) is 0 Å². The molecule has 7 heteroatoms. The van der Waals surface area contributed by atoms with Crippen molar-refractivity contribution in [2.75, 3.05) is 24.5 Å². The summed E-state index contributed by atoms with van der Waals surface area (Å²) < 4.78 is 0. The molecule has 0 aromatic carbocycles. The summed E-state index contributed by atoms with van der Waals surface area (Å²) in [6, 6.07) is 2.83. The Morgan fingerprint density at radius 3 is 2.81 bits per heavy atom. The summed E-state index contributed by atoms with van der Waals surface area (Å²) >= 11 is 1.62. The van der Waals surface area contributed by atoms with Crippen LogP contribution in [0, 0.1) is 0 Å². The number of anilines is 1. The van der Waals surface area contributed by atoms with Crippen molar-refractivity contribution in [2.24, 2.45) is 0 Å². The van der Waals surface area contributed by atoms with Crippen LogP contribution in [-0.2, 0) is 4.79 Å². The molecule has 0 unspecified atom stereocenters. The normalized spacial score (nSPS) is 22.4. The number of fused-ring (bicyclic) bond motifs is 1. The summed E-state index contributed by atoms with van der Waals surface area (Å²) in [5.74, 6) is 1.07. The Morgan fingerprint density at radius 2 is 2.04 bits per heavy atom. The average Bonchev–Trinajstić information content (AvgIpc) is 3.31. The van der Waals surface area contributed by atoms with E-state index in [0.717, 1.165) is 61.4 Å². The molecule has 1 amide bonds. The second-order valence-electron chi connectivity index (χ2n) is 7.60. The van der Waals surface area contributed by atoms with Crippen LogP contribution in [0.25, 0.3) is 10.2 Å². The SMILES string of the molecule is CC(C)N1CCC(NC(=O)[C@@H]2CCCN2c2ncnc3sccc23)CC1. The zero-order chi connectivity index (χ0) is 18.1. The van der Waals surface area contributed by atoms with Gasteiger partial charge in [0.15, 0.2) is 0 Å². The lowest BCUT2D eigenvalue weighted by molar-refractivity contribution is -0.123. The Labute approximate surface area is 158 Å². The minimum absolute atomic E-state index is 0.115. The molecule has 4 rings (SSSR count). The number of aromatic nitrogens is 2. The van der Waals surface area contributed by atoms with Crippen LogP contribution in [0.4, 0.5) is 5.82 Å². The minimum Gasteiger partial charge on any atom is -0.351 e. The fourth-order valence-corrected chi connectivity index (χ4v) is 4.88. The highest BCUT2D eigenvalue weighted by Crippen LogP contribution is 2.31. The average molecular weight is 374 g/mol. The van der Waals surface area contributed by atoms with Crippen molar-refractivity contribution in [3.63, 3.8) is 0 Å². The van der Waals surface area contributed by atoms with Gasteiger partial charge in [-0.05, 0) is 51.0 Å². The monoisotopic (exact) mass is 373 g/mol. The van der Waals surface area contributed by atoms with E-state index in [4.69, 9.17) is 0 Å². The second-order valence-corrected chi connectivity index (χ2v) is 8.50. The molecule has 2 saturated heterocycles. The van der Waals surface area contributed by atoms with Gasteiger partial charge in [0, 0.05) is 31.7 Å². The largest absolute Gasteiger partial charge is 0.351 e. The number of carbonyl (C=O) groups is 1. The highest BCUT2D eigenvalue weighted by molar-refractivity contribution is 7.16. The number of hydrogen-bond donors (Lipinski definition) is 1. The Morgan fingerprint density at radius 1 is 1.23 bits per heavy atom. The van der Waals surface area contributed by atoms with Crippen LogP contribution in [0.5, 0.6) is 0 Å². The van der Waals surface area contributed by atoms with Crippen LogP contribution in [-0.4, -0.2) is 58.5 Å². The first-order valence-electron chi connectivity index (χ1n) is 9.63. The van der Waals surface area contributed by atoms with Crippen molar-refractivity contribution >= 4 is 33.3 Å². The number of thiophene rings is 1. The zero-order valence-electron chi connectivity index (χ0n) is 15.5. The lowest BCUT2D eigenvalue weighted by atomic mass is 10.0. The van der Waals surface area contributed by atoms with Gasteiger partial charge in [0.2, 0.25) is 5.91 Å². The number of rotatable bonds is 4. The molecule has 2 aliphatic rings. The molecule has 1 atom stereocenters. The van der Waals surface area contributed by atoms with Crippen LogP contribution in [0.15, 0.2) is 17.8 Å². The summed E-state index contributed by atoms with van der Waals surface area (Å²) in [5.41, 5.74) is 0. The Bertz CT molecular complexity index is 768. The molecule has 2 fully saturated rings. The topological polar surface area (TPSA) is 61.4 Å². The van der Waals surface area contributed by atoms with Crippen LogP contribution in [0.2, 0.25) is 0 Å². The van der Waals surface area contributed by atoms with Gasteiger partial charge < -0.3 is 15.1 Å². The third kappa shape index (κ3) is 3.42. The fraction of sp³-hybridized carbons (Fsp3) is 0.632. The Kier molecular flexibility index (Phi) is 5.09. The van der Waals surface area contributed by atoms with Crippen molar-refractivity contribution in [1.82, 2.24) is 20.2 Å². The van der Waals surface area contributed by atoms with Gasteiger partial charge in [0.25, 0.3) is 0 Å². The number of amides is 1. The van der Waals surface area contributed by atoms with Crippen molar-refractivity contribution in [2.45, 2.75) is 57.7 Å². The van der Waals surface area contributed by atoms with E-state index in [-0.39, 0.29) is 11.9 Å². The Balaban J connectivity index is 1.44. The van der Waals surface area contributed by atoms with Crippen LogP contribution in [0.1, 0.15) is 39.5 Å². The molecular weight excluding hydrogens is 346 g/mol. The van der Waals surface area contributed by atoms with Gasteiger partial charge >= 0.3 is 0 Å². The summed E-state index contributed by atoms with van der Waals surface area (Å²) in [6.45, 7) is 7.49. The molecular formula is C19H27N5OS. The third-order valence-corrected chi connectivity index (χ3v) is 6.50. The van der Waals surface area contributed by atoms with E-state index in [1.54, 1.807) is 17.7 Å². The molecule has 0 spiro atoms. The highest BCUT2D eigenvalue weighted by Gasteiger charge is 2.34. The van der Waals surface area contributed by atoms with Crippen LogP contribution >= 0.6 is 11.3 Å². The number of nitrogens with one attached hydrogen (secondary N) is 1. The first-order valence-corrected chi connectivity index (χ1v) is 10.5. The number of hydrogen-bond acceptors (Lipinski definition) is 6. The fourth-order valence-electron chi connectivity index (χ4n) is 4.16. The maximum absolute atomic E-state index is 13.0. The van der Waals surface area contributed by atoms with Crippen molar-refractivity contribution in [3.05, 3.63) is 17.8 Å². The third-order valence-electron chi connectivity index (χ3n) is 5.67. The molecule has 0 aliphatic carbocycles. The molecule has 1 N–H and O–H groups in total. The summed E-state index contributed by atoms with van der Waals surface area (Å²) in [6.07, 6.45) is 5.62. The standard InChI is InChI=1S/C19H27N5OS/c1-13(2)23-9-5-14(6-10-23)22-18(25)16-4-3-8-24(16)17-15-7-11-26-19(15)21-12-20-17/h7,11-14,16H,3-6,8-10H2,1-2H3,(H,22,25)/t16-/m0/s1. The molecule has 2 aromatic heterocycles. The van der Waals surface area contributed by atoms with E-state index in [9.17, 15) is 4.79 Å². The number of carbonyl (C=O) groups excluding carboxylic acids is 1. The van der Waals surface area contributed by atoms with Gasteiger partial charge in [0.05, 0.1) is 5.39 Å². The van der Waals surface area contributed by atoms with E-state index >= 15 is 0 Å². The number of piperidine rings is 1. The smallest absolute Gasteiger partial charge is 0.242 e. The molecule has 6 nitrogen and oxygen atoms in total. The molecule has 2 aromatic rings. The molecule has 0 bridgehead atoms. The Hall–Kier alpha value is -1.73. The highest BCUT2D eigenvalue weighted by atomic mass is 32.1. The van der Waals surface area contributed by atoms with Gasteiger partial charge in [-0.3, -0.25) is 4.79 Å². The lowest BCUT2D eigenvalue weighted by Gasteiger charge is -2.35. The van der Waals surface area contributed by atoms with E-state index < -0.39 is 0 Å². The zero-order valence-corrected chi connectivity index (χ0v) is 16.3. The minimum atomic E-state index is -0.115. The molecule has 140 valence electrons. The van der Waals surface area contributed by atoms with Crippen LogP contribution < -0.4 is 10.2 Å². The molecule has 2 aliphatic heterocycles. The first kappa shape index (κ1) is 17.7. The van der Waals surface area contributed by atoms with Gasteiger partial charge in [0.1, 0.15) is 23.0 Å². The maximum atomic E-state index is 13.0. The second kappa shape index (κ2) is 7.48. The predicted molar refractivity (Wildman–Crippen MR) is 106 cm³/mol. The quantitative estimate of drug-likeness (QED) is 0.893. The van der Waals surface area contributed by atoms with E-state index in [2.05, 4.69) is 45.0 Å². The predicted octanol–water partition coefficient (Wildman–Crippen LogP) is 2.65. The number of nitrogens with zero attached hydrogens (tertiary/aromatic N) is 4. The van der Waals surface area contributed by atoms with Crippen molar-refractivity contribution < 1.29 is 4.79 Å².